The Hall–Kier alpha value is -3.33. The van der Waals surface area contributed by atoms with Crippen LogP contribution >= 0.6 is 23.4 Å². The molecule has 0 aromatic heterocycles. The fraction of sp³-hybridized carbons (Fsp3) is 0.222. The molecule has 5 rings (SSSR count). The van der Waals surface area contributed by atoms with E-state index in [1.807, 2.05) is 48.5 Å². The predicted molar refractivity (Wildman–Crippen MR) is 140 cm³/mol. The van der Waals surface area contributed by atoms with Crippen LogP contribution in [0, 0.1) is 0 Å². The van der Waals surface area contributed by atoms with E-state index >= 15 is 0 Å². The molecule has 3 aromatic carbocycles. The van der Waals surface area contributed by atoms with Gasteiger partial charge in [-0.2, -0.15) is 0 Å². The Morgan fingerprint density at radius 2 is 1.78 bits per heavy atom. The van der Waals surface area contributed by atoms with Gasteiger partial charge < -0.3 is 14.4 Å². The highest BCUT2D eigenvalue weighted by Crippen LogP contribution is 2.37. The molecule has 2 aliphatic rings. The first kappa shape index (κ1) is 24.4. The van der Waals surface area contributed by atoms with Gasteiger partial charge in [-0.3, -0.25) is 19.3 Å². The summed E-state index contributed by atoms with van der Waals surface area (Å²) in [4.78, 5) is 41.4. The standard InChI is InChI=1S/C27H23ClN2O5S/c28-20-8-5-18(6-9-20)17-35-23-10-7-19-3-1-2-4-21(19)22(23)15-24-26(32)30(27(33)36-24)16-25(31)29-11-13-34-14-12-29/h1-10,15H,11-14,16-17H2/b24-15-. The predicted octanol–water partition coefficient (Wildman–Crippen LogP) is 4.97. The van der Waals surface area contributed by atoms with Crippen LogP contribution in [0.3, 0.4) is 0 Å². The first-order valence-corrected chi connectivity index (χ1v) is 12.7. The molecule has 0 N–H and O–H groups in total. The number of amides is 3. The largest absolute Gasteiger partial charge is 0.488 e. The molecule has 2 saturated heterocycles. The molecule has 36 heavy (non-hydrogen) atoms. The Labute approximate surface area is 217 Å². The third-order valence-electron chi connectivity index (χ3n) is 6.04. The van der Waals surface area contributed by atoms with E-state index in [9.17, 15) is 14.4 Å². The number of imide groups is 1. The normalized spacial score (nSPS) is 17.3. The molecular weight excluding hydrogens is 500 g/mol. The van der Waals surface area contributed by atoms with Crippen LogP contribution in [0.15, 0.2) is 65.6 Å². The van der Waals surface area contributed by atoms with Crippen molar-refractivity contribution in [1.29, 1.82) is 0 Å². The van der Waals surface area contributed by atoms with Gasteiger partial charge >= 0.3 is 0 Å². The number of ether oxygens (including phenoxy) is 2. The number of hydrogen-bond acceptors (Lipinski definition) is 6. The maximum atomic E-state index is 13.2. The van der Waals surface area contributed by atoms with Crippen LogP contribution < -0.4 is 4.74 Å². The minimum absolute atomic E-state index is 0.252. The summed E-state index contributed by atoms with van der Waals surface area (Å²) in [5.41, 5.74) is 1.65. The number of rotatable bonds is 6. The molecule has 0 atom stereocenters. The van der Waals surface area contributed by atoms with E-state index in [1.165, 1.54) is 0 Å². The number of hydrogen-bond donors (Lipinski definition) is 0. The van der Waals surface area contributed by atoms with Crippen molar-refractivity contribution in [3.05, 3.63) is 81.7 Å². The molecule has 2 heterocycles. The van der Waals surface area contributed by atoms with Gasteiger partial charge in [-0.05, 0) is 52.4 Å². The second-order valence-electron chi connectivity index (χ2n) is 8.37. The zero-order valence-electron chi connectivity index (χ0n) is 19.3. The van der Waals surface area contributed by atoms with E-state index < -0.39 is 11.1 Å². The first-order chi connectivity index (χ1) is 17.5. The Bertz CT molecular complexity index is 1350. The van der Waals surface area contributed by atoms with Crippen molar-refractivity contribution in [2.45, 2.75) is 6.61 Å². The molecule has 0 spiro atoms. The number of carbonyl (C=O) groups excluding carboxylic acids is 3. The van der Waals surface area contributed by atoms with Gasteiger partial charge in [0.25, 0.3) is 11.1 Å². The van der Waals surface area contributed by atoms with E-state index in [-0.39, 0.29) is 17.4 Å². The second-order valence-corrected chi connectivity index (χ2v) is 9.80. The molecule has 9 heteroatoms. The highest BCUT2D eigenvalue weighted by Gasteiger charge is 2.37. The van der Waals surface area contributed by atoms with Crippen molar-refractivity contribution >= 4 is 57.3 Å². The zero-order chi connectivity index (χ0) is 25.1. The van der Waals surface area contributed by atoms with Crippen molar-refractivity contribution in [2.75, 3.05) is 32.8 Å². The van der Waals surface area contributed by atoms with Crippen LogP contribution in [-0.2, 0) is 20.9 Å². The lowest BCUT2D eigenvalue weighted by Gasteiger charge is -2.28. The van der Waals surface area contributed by atoms with Crippen molar-refractivity contribution < 1.29 is 23.9 Å². The third-order valence-corrected chi connectivity index (χ3v) is 7.20. The number of halogens is 1. The van der Waals surface area contributed by atoms with Gasteiger partial charge in [-0.25, -0.2) is 0 Å². The van der Waals surface area contributed by atoms with Crippen LogP contribution in [0.25, 0.3) is 16.8 Å². The van der Waals surface area contributed by atoms with E-state index in [0.29, 0.717) is 49.2 Å². The summed E-state index contributed by atoms with van der Waals surface area (Å²) in [6, 6.07) is 19.0. The van der Waals surface area contributed by atoms with Gasteiger partial charge in [0.1, 0.15) is 18.9 Å². The summed E-state index contributed by atoms with van der Waals surface area (Å²) in [5, 5.41) is 2.05. The maximum Gasteiger partial charge on any atom is 0.294 e. The van der Waals surface area contributed by atoms with Crippen molar-refractivity contribution in [3.63, 3.8) is 0 Å². The molecule has 0 aliphatic carbocycles. The van der Waals surface area contributed by atoms with Crippen LogP contribution in [0.5, 0.6) is 5.75 Å². The molecule has 0 bridgehead atoms. The molecular formula is C27H23ClN2O5S. The number of thioether (sulfide) groups is 1. The highest BCUT2D eigenvalue weighted by atomic mass is 35.5. The minimum Gasteiger partial charge on any atom is -0.488 e. The topological polar surface area (TPSA) is 76.2 Å². The highest BCUT2D eigenvalue weighted by molar-refractivity contribution is 8.18. The molecule has 3 aromatic rings. The Morgan fingerprint density at radius 3 is 2.56 bits per heavy atom. The van der Waals surface area contributed by atoms with Gasteiger partial charge in [0.2, 0.25) is 5.91 Å². The van der Waals surface area contributed by atoms with Gasteiger partial charge in [0.15, 0.2) is 0 Å². The smallest absolute Gasteiger partial charge is 0.294 e. The molecule has 184 valence electrons. The average Bonchev–Trinajstić information content (AvgIpc) is 3.17. The summed E-state index contributed by atoms with van der Waals surface area (Å²) < 4.78 is 11.4. The first-order valence-electron chi connectivity index (χ1n) is 11.5. The summed E-state index contributed by atoms with van der Waals surface area (Å²) in [6.07, 6.45) is 1.68. The Morgan fingerprint density at radius 1 is 1.03 bits per heavy atom. The molecule has 0 radical (unpaired) electrons. The fourth-order valence-electron chi connectivity index (χ4n) is 4.11. The maximum absolute atomic E-state index is 13.2. The van der Waals surface area contributed by atoms with Crippen molar-refractivity contribution in [2.24, 2.45) is 0 Å². The van der Waals surface area contributed by atoms with E-state index in [4.69, 9.17) is 21.1 Å². The lowest BCUT2D eigenvalue weighted by Crippen LogP contribution is -2.46. The summed E-state index contributed by atoms with van der Waals surface area (Å²) in [5.74, 6) is -0.165. The number of carbonyl (C=O) groups is 3. The van der Waals surface area contributed by atoms with E-state index in [0.717, 1.165) is 33.0 Å². The van der Waals surface area contributed by atoms with Gasteiger partial charge in [-0.15, -0.1) is 0 Å². The molecule has 0 unspecified atom stereocenters. The number of fused-ring (bicyclic) bond motifs is 1. The Kier molecular flexibility index (Phi) is 7.27. The molecule has 7 nitrogen and oxygen atoms in total. The summed E-state index contributed by atoms with van der Waals surface area (Å²) in [7, 11) is 0. The Balaban J connectivity index is 1.42. The number of morpholine rings is 1. The lowest BCUT2D eigenvalue weighted by atomic mass is 10.0. The number of benzene rings is 3. The van der Waals surface area contributed by atoms with Gasteiger partial charge in [0.05, 0.1) is 18.1 Å². The van der Waals surface area contributed by atoms with Gasteiger partial charge in [-0.1, -0.05) is 54.1 Å². The van der Waals surface area contributed by atoms with Crippen molar-refractivity contribution in [1.82, 2.24) is 9.80 Å². The van der Waals surface area contributed by atoms with Crippen LogP contribution in [0.2, 0.25) is 5.02 Å². The van der Waals surface area contributed by atoms with Crippen LogP contribution in [0.4, 0.5) is 4.79 Å². The minimum atomic E-state index is -0.483. The van der Waals surface area contributed by atoms with Crippen LogP contribution in [-0.4, -0.2) is 59.7 Å². The second kappa shape index (κ2) is 10.7. The molecule has 3 amide bonds. The third kappa shape index (κ3) is 5.26. The summed E-state index contributed by atoms with van der Waals surface area (Å²) >= 11 is 6.82. The average molecular weight is 523 g/mol. The van der Waals surface area contributed by atoms with E-state index in [2.05, 4.69) is 0 Å². The van der Waals surface area contributed by atoms with Gasteiger partial charge in [0, 0.05) is 23.7 Å². The number of nitrogens with zero attached hydrogens (tertiary/aromatic N) is 2. The molecule has 2 fully saturated rings. The lowest BCUT2D eigenvalue weighted by molar-refractivity contribution is -0.139. The SMILES string of the molecule is O=C(CN1C(=O)S/C(=C\c2c(OCc3ccc(Cl)cc3)ccc3ccccc23)C1=O)N1CCOCC1. The van der Waals surface area contributed by atoms with Crippen molar-refractivity contribution in [3.8, 4) is 5.75 Å². The zero-order valence-corrected chi connectivity index (χ0v) is 20.9. The monoisotopic (exact) mass is 522 g/mol. The molecule has 2 aliphatic heterocycles. The molecule has 0 saturated carbocycles. The van der Waals surface area contributed by atoms with Crippen LogP contribution in [0.1, 0.15) is 11.1 Å². The quantitative estimate of drug-likeness (QED) is 0.426. The fourth-order valence-corrected chi connectivity index (χ4v) is 5.05. The summed E-state index contributed by atoms with van der Waals surface area (Å²) in [6.45, 7) is 1.84. The van der Waals surface area contributed by atoms with E-state index in [1.54, 1.807) is 23.1 Å².